The summed E-state index contributed by atoms with van der Waals surface area (Å²) in [5.74, 6) is 2.26. The van der Waals surface area contributed by atoms with Gasteiger partial charge in [-0.25, -0.2) is 4.98 Å². The molecule has 0 radical (unpaired) electrons. The van der Waals surface area contributed by atoms with Gasteiger partial charge in [-0.05, 0) is 12.8 Å². The molecular weight excluding hydrogens is 198 g/mol. The second-order valence-electron chi connectivity index (χ2n) is 4.58. The minimum Gasteiger partial charge on any atom is -0.441 e. The Morgan fingerprint density at radius 2 is 1.88 bits per heavy atom. The summed E-state index contributed by atoms with van der Waals surface area (Å²) < 4.78 is 5.71. The van der Waals surface area contributed by atoms with Gasteiger partial charge in [-0.2, -0.15) is 0 Å². The summed E-state index contributed by atoms with van der Waals surface area (Å²) in [4.78, 5) is 4.29. The first-order valence-electron chi connectivity index (χ1n) is 5.67. The van der Waals surface area contributed by atoms with E-state index in [1.165, 1.54) is 5.56 Å². The molecule has 2 rings (SSSR count). The number of nitrogens with zero attached hydrogens (tertiary/aromatic N) is 1. The van der Waals surface area contributed by atoms with Crippen LogP contribution < -0.4 is 0 Å². The molecule has 0 saturated carbocycles. The third-order valence-electron chi connectivity index (χ3n) is 2.47. The van der Waals surface area contributed by atoms with Crippen LogP contribution in [0.4, 0.5) is 0 Å². The van der Waals surface area contributed by atoms with Crippen LogP contribution in [0, 0.1) is 12.8 Å². The van der Waals surface area contributed by atoms with E-state index in [-0.39, 0.29) is 0 Å². The number of benzene rings is 1. The lowest BCUT2D eigenvalue weighted by atomic mass is 10.1. The molecule has 0 aliphatic rings. The van der Waals surface area contributed by atoms with E-state index in [1.807, 2.05) is 6.20 Å². The van der Waals surface area contributed by atoms with Gasteiger partial charge < -0.3 is 4.42 Å². The first kappa shape index (κ1) is 10.9. The fourth-order valence-corrected chi connectivity index (χ4v) is 1.61. The minimum absolute atomic E-state index is 0.574. The molecule has 0 fully saturated rings. The van der Waals surface area contributed by atoms with E-state index in [0.717, 1.165) is 23.6 Å². The SMILES string of the molecule is Cc1ccc(-c2cnc(CC(C)C)o2)cc1. The number of rotatable bonds is 3. The molecule has 0 aliphatic carbocycles. The van der Waals surface area contributed by atoms with Crippen LogP contribution >= 0.6 is 0 Å². The minimum atomic E-state index is 0.574. The fraction of sp³-hybridized carbons (Fsp3) is 0.357. The molecule has 1 heterocycles. The van der Waals surface area contributed by atoms with E-state index in [4.69, 9.17) is 4.42 Å². The van der Waals surface area contributed by atoms with Crippen molar-refractivity contribution in [3.63, 3.8) is 0 Å². The summed E-state index contributed by atoms with van der Waals surface area (Å²) in [6.07, 6.45) is 2.70. The quantitative estimate of drug-likeness (QED) is 0.777. The lowest BCUT2D eigenvalue weighted by Gasteiger charge is -1.99. The van der Waals surface area contributed by atoms with Crippen molar-refractivity contribution < 1.29 is 4.42 Å². The maximum absolute atomic E-state index is 5.71. The number of hydrogen-bond acceptors (Lipinski definition) is 2. The molecule has 2 nitrogen and oxygen atoms in total. The van der Waals surface area contributed by atoms with Gasteiger partial charge >= 0.3 is 0 Å². The fourth-order valence-electron chi connectivity index (χ4n) is 1.61. The monoisotopic (exact) mass is 215 g/mol. The molecule has 0 bridgehead atoms. The molecule has 0 unspecified atom stereocenters. The number of aryl methyl sites for hydroxylation is 1. The molecule has 1 aromatic heterocycles. The van der Waals surface area contributed by atoms with Gasteiger partial charge in [0.05, 0.1) is 6.20 Å². The molecule has 0 N–H and O–H groups in total. The van der Waals surface area contributed by atoms with Crippen molar-refractivity contribution in [2.75, 3.05) is 0 Å². The van der Waals surface area contributed by atoms with Crippen LogP contribution in [0.5, 0.6) is 0 Å². The second-order valence-corrected chi connectivity index (χ2v) is 4.58. The standard InChI is InChI=1S/C14H17NO/c1-10(2)8-14-15-9-13(16-14)12-6-4-11(3)5-7-12/h4-7,9-10H,8H2,1-3H3. The van der Waals surface area contributed by atoms with E-state index >= 15 is 0 Å². The smallest absolute Gasteiger partial charge is 0.195 e. The summed E-state index contributed by atoms with van der Waals surface area (Å²) >= 11 is 0. The van der Waals surface area contributed by atoms with Crippen LogP contribution in [0.1, 0.15) is 25.3 Å². The molecule has 16 heavy (non-hydrogen) atoms. The third kappa shape index (κ3) is 2.51. The van der Waals surface area contributed by atoms with Crippen LogP contribution in [0.25, 0.3) is 11.3 Å². The molecule has 1 aromatic carbocycles. The lowest BCUT2D eigenvalue weighted by molar-refractivity contribution is 0.466. The van der Waals surface area contributed by atoms with Crippen molar-refractivity contribution in [3.05, 3.63) is 41.9 Å². The highest BCUT2D eigenvalue weighted by molar-refractivity contribution is 5.56. The summed E-state index contributed by atoms with van der Waals surface area (Å²) in [6, 6.07) is 8.30. The largest absolute Gasteiger partial charge is 0.441 e. The zero-order valence-electron chi connectivity index (χ0n) is 10.0. The van der Waals surface area contributed by atoms with Gasteiger partial charge in [-0.3, -0.25) is 0 Å². The molecular formula is C14H17NO. The summed E-state index contributed by atoms with van der Waals surface area (Å²) in [6.45, 7) is 6.40. The van der Waals surface area contributed by atoms with Crippen LogP contribution in [0.15, 0.2) is 34.9 Å². The average molecular weight is 215 g/mol. The highest BCUT2D eigenvalue weighted by atomic mass is 16.4. The van der Waals surface area contributed by atoms with Gasteiger partial charge in [-0.1, -0.05) is 43.7 Å². The van der Waals surface area contributed by atoms with Crippen LogP contribution in [-0.2, 0) is 6.42 Å². The molecule has 0 amide bonds. The zero-order chi connectivity index (χ0) is 11.5. The average Bonchev–Trinajstić information content (AvgIpc) is 2.66. The van der Waals surface area contributed by atoms with E-state index in [9.17, 15) is 0 Å². The first-order valence-corrected chi connectivity index (χ1v) is 5.67. The van der Waals surface area contributed by atoms with Gasteiger partial charge in [0, 0.05) is 12.0 Å². The lowest BCUT2D eigenvalue weighted by Crippen LogP contribution is -1.92. The molecule has 0 atom stereocenters. The third-order valence-corrected chi connectivity index (χ3v) is 2.47. The maximum atomic E-state index is 5.71. The summed E-state index contributed by atoms with van der Waals surface area (Å²) in [7, 11) is 0. The van der Waals surface area contributed by atoms with Crippen molar-refractivity contribution in [1.29, 1.82) is 0 Å². The van der Waals surface area contributed by atoms with E-state index in [1.54, 1.807) is 0 Å². The van der Waals surface area contributed by atoms with Crippen LogP contribution in [-0.4, -0.2) is 4.98 Å². The topological polar surface area (TPSA) is 26.0 Å². The van der Waals surface area contributed by atoms with Gasteiger partial charge in [0.25, 0.3) is 0 Å². The highest BCUT2D eigenvalue weighted by Gasteiger charge is 2.07. The Labute approximate surface area is 96.3 Å². The predicted molar refractivity (Wildman–Crippen MR) is 65.2 cm³/mol. The molecule has 84 valence electrons. The second kappa shape index (κ2) is 4.52. The summed E-state index contributed by atoms with van der Waals surface area (Å²) in [5, 5.41) is 0. The normalized spacial score (nSPS) is 11.0. The van der Waals surface area contributed by atoms with Crippen LogP contribution in [0.3, 0.4) is 0 Å². The van der Waals surface area contributed by atoms with Gasteiger partial charge in [0.2, 0.25) is 0 Å². The first-order chi connectivity index (χ1) is 7.65. The number of aromatic nitrogens is 1. The van der Waals surface area contributed by atoms with Crippen molar-refractivity contribution >= 4 is 0 Å². The van der Waals surface area contributed by atoms with E-state index < -0.39 is 0 Å². The maximum Gasteiger partial charge on any atom is 0.195 e. The van der Waals surface area contributed by atoms with E-state index in [0.29, 0.717) is 5.92 Å². The van der Waals surface area contributed by atoms with Crippen molar-refractivity contribution in [2.24, 2.45) is 5.92 Å². The van der Waals surface area contributed by atoms with E-state index in [2.05, 4.69) is 50.0 Å². The molecule has 0 spiro atoms. The number of hydrogen-bond donors (Lipinski definition) is 0. The summed E-state index contributed by atoms with van der Waals surface area (Å²) in [5.41, 5.74) is 2.35. The Bertz CT molecular complexity index is 454. The molecule has 2 aromatic rings. The number of oxazole rings is 1. The van der Waals surface area contributed by atoms with Crippen LogP contribution in [0.2, 0.25) is 0 Å². The molecule has 0 aliphatic heterocycles. The van der Waals surface area contributed by atoms with Crippen molar-refractivity contribution in [3.8, 4) is 11.3 Å². The molecule has 2 heteroatoms. The Balaban J connectivity index is 2.21. The Hall–Kier alpha value is -1.57. The van der Waals surface area contributed by atoms with Gasteiger partial charge in [0.1, 0.15) is 0 Å². The zero-order valence-corrected chi connectivity index (χ0v) is 10.0. The Morgan fingerprint density at radius 1 is 1.19 bits per heavy atom. The Morgan fingerprint density at radius 3 is 2.50 bits per heavy atom. The highest BCUT2D eigenvalue weighted by Crippen LogP contribution is 2.21. The molecule has 0 saturated heterocycles. The van der Waals surface area contributed by atoms with Gasteiger partial charge in [-0.15, -0.1) is 0 Å². The van der Waals surface area contributed by atoms with Crippen molar-refractivity contribution in [2.45, 2.75) is 27.2 Å². The van der Waals surface area contributed by atoms with Crippen molar-refractivity contribution in [1.82, 2.24) is 4.98 Å². The predicted octanol–water partition coefficient (Wildman–Crippen LogP) is 3.85. The van der Waals surface area contributed by atoms with Gasteiger partial charge in [0.15, 0.2) is 11.7 Å². The Kier molecular flexibility index (Phi) is 3.09.